The van der Waals surface area contributed by atoms with Crippen LogP contribution in [0.5, 0.6) is 0 Å². The summed E-state index contributed by atoms with van der Waals surface area (Å²) in [5.74, 6) is 0. The largest absolute Gasteiger partial charge is 0.411 e. The molecule has 1 fully saturated rings. The second-order valence-electron chi connectivity index (χ2n) is 4.68. The highest BCUT2D eigenvalue weighted by Gasteiger charge is 2.14. The molecule has 0 aromatic carbocycles. The van der Waals surface area contributed by atoms with E-state index in [2.05, 4.69) is 17.0 Å². The molecule has 100 valence electrons. The van der Waals surface area contributed by atoms with E-state index >= 15 is 0 Å². The Morgan fingerprint density at radius 3 is 2.53 bits per heavy atom. The van der Waals surface area contributed by atoms with Gasteiger partial charge in [-0.1, -0.05) is 18.5 Å². The quantitative estimate of drug-likeness (QED) is 0.404. The van der Waals surface area contributed by atoms with E-state index in [-0.39, 0.29) is 0 Å². The van der Waals surface area contributed by atoms with Gasteiger partial charge in [-0.3, -0.25) is 0 Å². The molecule has 0 aromatic heterocycles. The van der Waals surface area contributed by atoms with E-state index in [1.54, 1.807) is 0 Å². The van der Waals surface area contributed by atoms with E-state index in [1.165, 1.54) is 19.3 Å². The van der Waals surface area contributed by atoms with E-state index in [9.17, 15) is 0 Å². The lowest BCUT2D eigenvalue weighted by Crippen LogP contribution is -2.34. The van der Waals surface area contributed by atoms with Crippen LogP contribution in [-0.4, -0.2) is 48.7 Å². The van der Waals surface area contributed by atoms with Gasteiger partial charge in [0, 0.05) is 39.1 Å². The first-order valence-electron chi connectivity index (χ1n) is 6.86. The first kappa shape index (κ1) is 14.5. The Balaban J connectivity index is 1.90. The zero-order valence-electron chi connectivity index (χ0n) is 11.0. The summed E-state index contributed by atoms with van der Waals surface area (Å²) in [4.78, 5) is 2.45. The lowest BCUT2D eigenvalue weighted by atomic mass is 10.1. The van der Waals surface area contributed by atoms with Gasteiger partial charge in [-0.05, 0) is 25.8 Å². The van der Waals surface area contributed by atoms with Crippen molar-refractivity contribution < 1.29 is 9.94 Å². The van der Waals surface area contributed by atoms with Crippen LogP contribution in [0.4, 0.5) is 0 Å². The maximum absolute atomic E-state index is 8.65. The third kappa shape index (κ3) is 6.64. The van der Waals surface area contributed by atoms with Gasteiger partial charge >= 0.3 is 0 Å². The number of unbranched alkanes of at least 4 members (excludes halogenated alkanes) is 2. The molecule has 0 bridgehead atoms. The number of ether oxygens (including phenoxy) is 1. The summed E-state index contributed by atoms with van der Waals surface area (Å²) in [6, 6.07) is 0. The number of piperidine rings is 1. The molecule has 1 aliphatic rings. The average Bonchev–Trinajstić information content (AvgIpc) is 2.38. The van der Waals surface area contributed by atoms with Crippen molar-refractivity contribution in [3.05, 3.63) is 0 Å². The highest BCUT2D eigenvalue weighted by Crippen LogP contribution is 2.08. The summed E-state index contributed by atoms with van der Waals surface area (Å²) in [7, 11) is 0. The predicted molar refractivity (Wildman–Crippen MR) is 69.9 cm³/mol. The van der Waals surface area contributed by atoms with Gasteiger partial charge in [-0.25, -0.2) is 0 Å². The maximum atomic E-state index is 8.65. The first-order chi connectivity index (χ1) is 8.36. The molecule has 1 rings (SSSR count). The lowest BCUT2D eigenvalue weighted by Gasteiger charge is -2.26. The number of oxime groups is 1. The molecule has 0 saturated carbocycles. The molecule has 0 atom stereocenters. The zero-order valence-corrected chi connectivity index (χ0v) is 11.0. The van der Waals surface area contributed by atoms with Crippen LogP contribution in [0, 0.1) is 0 Å². The second kappa shape index (κ2) is 9.42. The highest BCUT2D eigenvalue weighted by atomic mass is 16.5. The van der Waals surface area contributed by atoms with Crippen molar-refractivity contribution in [2.45, 2.75) is 45.4 Å². The van der Waals surface area contributed by atoms with Crippen LogP contribution >= 0.6 is 0 Å². The molecule has 0 spiro atoms. The Morgan fingerprint density at radius 2 is 1.88 bits per heavy atom. The first-order valence-corrected chi connectivity index (χ1v) is 6.86. The fourth-order valence-corrected chi connectivity index (χ4v) is 2.02. The van der Waals surface area contributed by atoms with Crippen LogP contribution in [0.25, 0.3) is 0 Å². The van der Waals surface area contributed by atoms with Crippen molar-refractivity contribution in [1.29, 1.82) is 0 Å². The minimum atomic E-state index is 0.900. The maximum Gasteiger partial charge on any atom is 0.0596 e. The molecule has 1 aliphatic heterocycles. The Labute approximate surface area is 105 Å². The van der Waals surface area contributed by atoms with Crippen LogP contribution in [0.15, 0.2) is 5.16 Å². The summed E-state index contributed by atoms with van der Waals surface area (Å²) in [5, 5.41) is 11.9. The van der Waals surface area contributed by atoms with Gasteiger partial charge < -0.3 is 14.8 Å². The lowest BCUT2D eigenvalue weighted by molar-refractivity contribution is 0.124. The third-order valence-electron chi connectivity index (χ3n) is 3.23. The normalized spacial score (nSPS) is 17.4. The minimum Gasteiger partial charge on any atom is -0.411 e. The summed E-state index contributed by atoms with van der Waals surface area (Å²) < 4.78 is 5.53. The van der Waals surface area contributed by atoms with Crippen LogP contribution in [0.1, 0.15) is 45.4 Å². The fourth-order valence-electron chi connectivity index (χ4n) is 2.02. The Hall–Kier alpha value is -0.610. The fraction of sp³-hybridized carbons (Fsp3) is 0.923. The van der Waals surface area contributed by atoms with E-state index < -0.39 is 0 Å². The topological polar surface area (TPSA) is 45.1 Å². The minimum absolute atomic E-state index is 0.900. The summed E-state index contributed by atoms with van der Waals surface area (Å²) >= 11 is 0. The third-order valence-corrected chi connectivity index (χ3v) is 3.23. The van der Waals surface area contributed by atoms with Gasteiger partial charge in [-0.15, -0.1) is 0 Å². The van der Waals surface area contributed by atoms with Crippen molar-refractivity contribution in [3.8, 4) is 0 Å². The SMILES string of the molecule is CCCCOCCCCN1CCC(=NO)CC1. The molecule has 1 saturated heterocycles. The molecule has 0 aromatic rings. The molecule has 4 nitrogen and oxygen atoms in total. The number of likely N-dealkylation sites (tertiary alicyclic amines) is 1. The Kier molecular flexibility index (Phi) is 8.01. The van der Waals surface area contributed by atoms with Crippen LogP contribution in [0.3, 0.4) is 0 Å². The monoisotopic (exact) mass is 242 g/mol. The van der Waals surface area contributed by atoms with Gasteiger partial charge in [0.05, 0.1) is 5.71 Å². The molecule has 0 radical (unpaired) electrons. The highest BCUT2D eigenvalue weighted by molar-refractivity contribution is 5.84. The number of rotatable bonds is 8. The van der Waals surface area contributed by atoms with E-state index in [1.807, 2.05) is 0 Å². The Bertz CT molecular complexity index is 209. The second-order valence-corrected chi connectivity index (χ2v) is 4.68. The van der Waals surface area contributed by atoms with Crippen molar-refractivity contribution >= 4 is 5.71 Å². The molecule has 1 N–H and O–H groups in total. The molecule has 0 aliphatic carbocycles. The molecule has 4 heteroatoms. The molecule has 1 heterocycles. The molecular weight excluding hydrogens is 216 g/mol. The van der Waals surface area contributed by atoms with Crippen molar-refractivity contribution in [2.24, 2.45) is 5.16 Å². The van der Waals surface area contributed by atoms with Gasteiger partial charge in [0.25, 0.3) is 0 Å². The average molecular weight is 242 g/mol. The zero-order chi connectivity index (χ0) is 12.3. The van der Waals surface area contributed by atoms with E-state index in [0.29, 0.717) is 0 Å². The van der Waals surface area contributed by atoms with Crippen molar-refractivity contribution in [1.82, 2.24) is 4.90 Å². The number of hydrogen-bond acceptors (Lipinski definition) is 4. The van der Waals surface area contributed by atoms with Gasteiger partial charge in [0.1, 0.15) is 0 Å². The number of nitrogens with zero attached hydrogens (tertiary/aromatic N) is 2. The van der Waals surface area contributed by atoms with Crippen LogP contribution in [-0.2, 0) is 4.74 Å². The van der Waals surface area contributed by atoms with E-state index in [0.717, 1.165) is 57.8 Å². The Morgan fingerprint density at radius 1 is 1.18 bits per heavy atom. The standard InChI is InChI=1S/C13H26N2O2/c1-2-3-11-17-12-5-4-8-15-9-6-13(14-16)7-10-15/h16H,2-12H2,1H3. The number of hydrogen-bond donors (Lipinski definition) is 1. The van der Waals surface area contributed by atoms with Gasteiger partial charge in [-0.2, -0.15) is 0 Å². The van der Waals surface area contributed by atoms with Crippen LogP contribution in [0.2, 0.25) is 0 Å². The molecule has 17 heavy (non-hydrogen) atoms. The molecular formula is C13H26N2O2. The molecule has 0 amide bonds. The summed E-state index contributed by atoms with van der Waals surface area (Å²) in [5.41, 5.74) is 0.948. The van der Waals surface area contributed by atoms with Gasteiger partial charge in [0.15, 0.2) is 0 Å². The summed E-state index contributed by atoms with van der Waals surface area (Å²) in [6.07, 6.45) is 6.59. The molecule has 0 unspecified atom stereocenters. The van der Waals surface area contributed by atoms with E-state index in [4.69, 9.17) is 9.94 Å². The predicted octanol–water partition coefficient (Wildman–Crippen LogP) is 2.51. The van der Waals surface area contributed by atoms with Gasteiger partial charge in [0.2, 0.25) is 0 Å². The van der Waals surface area contributed by atoms with Crippen LogP contribution < -0.4 is 0 Å². The van der Waals surface area contributed by atoms with Crippen molar-refractivity contribution in [2.75, 3.05) is 32.8 Å². The van der Waals surface area contributed by atoms with Crippen molar-refractivity contribution in [3.63, 3.8) is 0 Å². The smallest absolute Gasteiger partial charge is 0.0596 e. The summed E-state index contributed by atoms with van der Waals surface area (Å²) in [6.45, 7) is 7.22.